The van der Waals surface area contributed by atoms with E-state index in [1.54, 1.807) is 4.68 Å². The molecule has 0 radical (unpaired) electrons. The number of rotatable bonds is 6. The summed E-state index contributed by atoms with van der Waals surface area (Å²) >= 11 is 0. The van der Waals surface area contributed by atoms with E-state index in [4.69, 9.17) is 5.10 Å². The summed E-state index contributed by atoms with van der Waals surface area (Å²) in [4.78, 5) is 15.4. The van der Waals surface area contributed by atoms with Gasteiger partial charge in [-0.05, 0) is 25.1 Å². The Morgan fingerprint density at radius 1 is 0.897 bits per heavy atom. The quantitative estimate of drug-likeness (QED) is 0.478. The molecule has 4 heteroatoms. The van der Waals surface area contributed by atoms with Crippen molar-refractivity contribution in [2.45, 2.75) is 27.1 Å². The molecule has 29 heavy (non-hydrogen) atoms. The Kier molecular flexibility index (Phi) is 5.54. The highest BCUT2D eigenvalue weighted by atomic mass is 16.1. The molecule has 0 aliphatic heterocycles. The average Bonchev–Trinajstić information content (AvgIpc) is 2.76. The second-order valence-electron chi connectivity index (χ2n) is 7.34. The molecule has 1 heterocycles. The normalized spacial score (nSPS) is 11.3. The zero-order valence-electron chi connectivity index (χ0n) is 16.9. The van der Waals surface area contributed by atoms with Crippen molar-refractivity contribution in [3.8, 4) is 11.3 Å². The van der Waals surface area contributed by atoms with Crippen LogP contribution in [0.4, 0.5) is 0 Å². The summed E-state index contributed by atoms with van der Waals surface area (Å²) in [7, 11) is 0. The lowest BCUT2D eigenvalue weighted by Gasteiger charge is -2.22. The average molecular weight is 383 g/mol. The van der Waals surface area contributed by atoms with Crippen molar-refractivity contribution in [3.05, 3.63) is 100 Å². The van der Waals surface area contributed by atoms with Crippen LogP contribution in [0.5, 0.6) is 0 Å². The van der Waals surface area contributed by atoms with Gasteiger partial charge in [0.05, 0.1) is 17.7 Å². The van der Waals surface area contributed by atoms with Crippen LogP contribution in [0.15, 0.2) is 83.7 Å². The van der Waals surface area contributed by atoms with Crippen LogP contribution in [0, 0.1) is 6.92 Å². The lowest BCUT2D eigenvalue weighted by Crippen LogP contribution is -2.34. The molecular weight excluding hydrogens is 358 g/mol. The predicted octanol–water partition coefficient (Wildman–Crippen LogP) is 4.85. The van der Waals surface area contributed by atoms with Crippen LogP contribution in [0.1, 0.15) is 18.1 Å². The molecular formula is C25H25N3O. The summed E-state index contributed by atoms with van der Waals surface area (Å²) in [5.74, 6) is 0. The molecule has 0 amide bonds. The highest BCUT2D eigenvalue weighted by Crippen LogP contribution is 2.24. The van der Waals surface area contributed by atoms with E-state index in [-0.39, 0.29) is 5.56 Å². The van der Waals surface area contributed by atoms with Crippen molar-refractivity contribution in [1.82, 2.24) is 14.7 Å². The van der Waals surface area contributed by atoms with Gasteiger partial charge in [-0.1, -0.05) is 85.3 Å². The molecule has 0 N–H and O–H groups in total. The van der Waals surface area contributed by atoms with Crippen molar-refractivity contribution in [3.63, 3.8) is 0 Å². The zero-order valence-corrected chi connectivity index (χ0v) is 16.9. The Bertz CT molecular complexity index is 1180. The lowest BCUT2D eigenvalue weighted by atomic mass is 10.1. The Balaban J connectivity index is 1.75. The van der Waals surface area contributed by atoms with Gasteiger partial charge in [-0.15, -0.1) is 0 Å². The second-order valence-corrected chi connectivity index (χ2v) is 7.34. The fourth-order valence-corrected chi connectivity index (χ4v) is 3.66. The molecule has 146 valence electrons. The summed E-state index contributed by atoms with van der Waals surface area (Å²) in [6.45, 7) is 6.27. The van der Waals surface area contributed by atoms with E-state index < -0.39 is 0 Å². The van der Waals surface area contributed by atoms with E-state index >= 15 is 0 Å². The fourth-order valence-electron chi connectivity index (χ4n) is 3.66. The van der Waals surface area contributed by atoms with Gasteiger partial charge < -0.3 is 0 Å². The molecule has 0 saturated carbocycles. The van der Waals surface area contributed by atoms with Crippen molar-refractivity contribution < 1.29 is 0 Å². The molecule has 0 fully saturated rings. The monoisotopic (exact) mass is 383 g/mol. The summed E-state index contributed by atoms with van der Waals surface area (Å²) in [6.07, 6.45) is 0. The first-order valence-electron chi connectivity index (χ1n) is 9.99. The van der Waals surface area contributed by atoms with Crippen LogP contribution >= 0.6 is 0 Å². The van der Waals surface area contributed by atoms with Gasteiger partial charge >= 0.3 is 0 Å². The van der Waals surface area contributed by atoms with Gasteiger partial charge in [0.15, 0.2) is 0 Å². The lowest BCUT2D eigenvalue weighted by molar-refractivity contribution is 0.205. The number of aromatic nitrogens is 2. The van der Waals surface area contributed by atoms with E-state index in [2.05, 4.69) is 43.0 Å². The van der Waals surface area contributed by atoms with Gasteiger partial charge in [0.25, 0.3) is 5.56 Å². The number of hydrogen-bond acceptors (Lipinski definition) is 3. The first-order chi connectivity index (χ1) is 14.2. The first-order valence-corrected chi connectivity index (χ1v) is 9.99. The number of nitrogens with zero attached hydrogens (tertiary/aromatic N) is 3. The first kappa shape index (κ1) is 19.1. The smallest absolute Gasteiger partial charge is 0.275 e. The Hall–Kier alpha value is -3.24. The van der Waals surface area contributed by atoms with Crippen LogP contribution in [0.3, 0.4) is 0 Å². The van der Waals surface area contributed by atoms with Crippen molar-refractivity contribution in [1.29, 1.82) is 0 Å². The maximum Gasteiger partial charge on any atom is 0.275 e. The third-order valence-electron chi connectivity index (χ3n) is 5.18. The third-order valence-corrected chi connectivity index (χ3v) is 5.18. The highest BCUT2D eigenvalue weighted by molar-refractivity contribution is 5.93. The van der Waals surface area contributed by atoms with Crippen molar-refractivity contribution in [2.75, 3.05) is 6.54 Å². The number of fused-ring (bicyclic) bond motifs is 1. The Morgan fingerprint density at radius 2 is 1.62 bits per heavy atom. The maximum absolute atomic E-state index is 13.1. The van der Waals surface area contributed by atoms with Crippen molar-refractivity contribution >= 4 is 10.8 Å². The second kappa shape index (κ2) is 8.41. The van der Waals surface area contributed by atoms with Gasteiger partial charge in [-0.25, -0.2) is 4.68 Å². The van der Waals surface area contributed by atoms with Gasteiger partial charge in [0.1, 0.15) is 0 Å². The SMILES string of the molecule is CCN(Cc1cccc(C)c1)Cn1nc(-c2ccccc2)c2ccccc2c1=O. The topological polar surface area (TPSA) is 38.1 Å². The van der Waals surface area contributed by atoms with E-state index in [9.17, 15) is 4.79 Å². The predicted molar refractivity (Wildman–Crippen MR) is 119 cm³/mol. The minimum Gasteiger partial charge on any atom is -0.280 e. The molecule has 0 atom stereocenters. The summed E-state index contributed by atoms with van der Waals surface area (Å²) in [6, 6.07) is 26.3. The summed E-state index contributed by atoms with van der Waals surface area (Å²) in [5, 5.41) is 6.37. The van der Waals surface area contributed by atoms with Gasteiger partial charge in [0, 0.05) is 17.5 Å². The van der Waals surface area contributed by atoms with Gasteiger partial charge in [-0.3, -0.25) is 9.69 Å². The molecule has 4 aromatic rings. The standard InChI is InChI=1S/C25H25N3O/c1-3-27(17-20-11-9-10-19(2)16-20)18-28-25(29)23-15-8-7-14-22(23)24(26-28)21-12-5-4-6-13-21/h4-16H,3,17-18H2,1-2H3. The summed E-state index contributed by atoms with van der Waals surface area (Å²) in [5.41, 5.74) is 4.28. The largest absolute Gasteiger partial charge is 0.280 e. The molecule has 0 saturated heterocycles. The molecule has 0 spiro atoms. The minimum atomic E-state index is -0.0528. The van der Waals surface area contributed by atoms with Gasteiger partial charge in [-0.2, -0.15) is 5.10 Å². The van der Waals surface area contributed by atoms with E-state index in [0.29, 0.717) is 12.1 Å². The van der Waals surface area contributed by atoms with Crippen LogP contribution in [-0.2, 0) is 13.2 Å². The van der Waals surface area contributed by atoms with E-state index in [0.717, 1.165) is 29.7 Å². The maximum atomic E-state index is 13.1. The number of hydrogen-bond donors (Lipinski definition) is 0. The number of benzene rings is 3. The zero-order chi connectivity index (χ0) is 20.2. The molecule has 4 rings (SSSR count). The fraction of sp³-hybridized carbons (Fsp3) is 0.200. The Labute approximate surface area is 171 Å². The van der Waals surface area contributed by atoms with Crippen LogP contribution < -0.4 is 5.56 Å². The van der Waals surface area contributed by atoms with Crippen LogP contribution in [0.2, 0.25) is 0 Å². The molecule has 4 nitrogen and oxygen atoms in total. The molecule has 1 aromatic heterocycles. The van der Waals surface area contributed by atoms with Crippen molar-refractivity contribution in [2.24, 2.45) is 0 Å². The van der Waals surface area contributed by atoms with Crippen LogP contribution in [-0.4, -0.2) is 21.2 Å². The number of aryl methyl sites for hydroxylation is 1. The molecule has 3 aromatic carbocycles. The van der Waals surface area contributed by atoms with Gasteiger partial charge in [0.2, 0.25) is 0 Å². The molecule has 0 unspecified atom stereocenters. The summed E-state index contributed by atoms with van der Waals surface area (Å²) < 4.78 is 1.60. The van der Waals surface area contributed by atoms with E-state index in [1.165, 1.54) is 11.1 Å². The highest BCUT2D eigenvalue weighted by Gasteiger charge is 2.14. The Morgan fingerprint density at radius 3 is 2.34 bits per heavy atom. The molecule has 0 aliphatic carbocycles. The molecule has 0 bridgehead atoms. The minimum absolute atomic E-state index is 0.0528. The third kappa shape index (κ3) is 4.13. The van der Waals surface area contributed by atoms with E-state index in [1.807, 2.05) is 54.6 Å². The molecule has 0 aliphatic rings. The van der Waals surface area contributed by atoms with Crippen LogP contribution in [0.25, 0.3) is 22.0 Å².